The van der Waals surface area contributed by atoms with Crippen LogP contribution in [0.5, 0.6) is 0 Å². The number of hydrogen-bond acceptors (Lipinski definition) is 2. The standard InChI is InChI=1S/C47H29N5/c1-48-38-20-10-13-23-43(38)52-42-22-12-9-19-37(42)45-44(52)29-28-36-35-18-8-11-21-41(35)51(46(36)45)34-26-24-32(25-27-34)40-30-39(31-14-4-2-5-15-31)49-47(50-40)33-16-6-3-7-17-33/h2-30H. The average molecular weight is 664 g/mol. The zero-order valence-corrected chi connectivity index (χ0v) is 28.0. The highest BCUT2D eigenvalue weighted by molar-refractivity contribution is 6.26. The lowest BCUT2D eigenvalue weighted by molar-refractivity contribution is 1.17. The summed E-state index contributed by atoms with van der Waals surface area (Å²) in [4.78, 5) is 13.9. The molecule has 10 aromatic rings. The molecular formula is C47H29N5. The van der Waals surface area contributed by atoms with E-state index in [-0.39, 0.29) is 0 Å². The number of hydrogen-bond donors (Lipinski definition) is 0. The zero-order valence-electron chi connectivity index (χ0n) is 28.0. The first-order valence-electron chi connectivity index (χ1n) is 17.3. The normalized spacial score (nSPS) is 11.4. The van der Waals surface area contributed by atoms with E-state index in [2.05, 4.69) is 129 Å². The van der Waals surface area contributed by atoms with E-state index in [1.165, 1.54) is 10.8 Å². The van der Waals surface area contributed by atoms with Crippen molar-refractivity contribution in [3.05, 3.63) is 187 Å². The predicted molar refractivity (Wildman–Crippen MR) is 213 cm³/mol. The molecule has 0 aliphatic carbocycles. The molecule has 0 amide bonds. The molecule has 3 heterocycles. The van der Waals surface area contributed by atoms with Crippen LogP contribution in [0, 0.1) is 6.57 Å². The number of fused-ring (bicyclic) bond motifs is 7. The third kappa shape index (κ3) is 4.63. The summed E-state index contributed by atoms with van der Waals surface area (Å²) in [6.07, 6.45) is 0. The van der Waals surface area contributed by atoms with Crippen LogP contribution >= 0.6 is 0 Å². The van der Waals surface area contributed by atoms with Gasteiger partial charge in [-0.1, -0.05) is 133 Å². The minimum absolute atomic E-state index is 0.622. The molecule has 0 unspecified atom stereocenters. The lowest BCUT2D eigenvalue weighted by atomic mass is 10.1. The molecule has 0 aliphatic rings. The Kier molecular flexibility index (Phi) is 6.80. The highest BCUT2D eigenvalue weighted by atomic mass is 15.0. The van der Waals surface area contributed by atoms with Crippen LogP contribution in [-0.2, 0) is 0 Å². The van der Waals surface area contributed by atoms with Gasteiger partial charge in [0.2, 0.25) is 5.69 Å². The van der Waals surface area contributed by atoms with Gasteiger partial charge in [-0.2, -0.15) is 0 Å². The fourth-order valence-electron chi connectivity index (χ4n) is 7.63. The van der Waals surface area contributed by atoms with Gasteiger partial charge in [0.05, 0.1) is 45.7 Å². The van der Waals surface area contributed by atoms with Crippen molar-refractivity contribution in [1.82, 2.24) is 19.1 Å². The number of para-hydroxylation sites is 4. The van der Waals surface area contributed by atoms with Gasteiger partial charge in [-0.05, 0) is 42.5 Å². The van der Waals surface area contributed by atoms with E-state index < -0.39 is 0 Å². The maximum absolute atomic E-state index is 7.94. The van der Waals surface area contributed by atoms with Gasteiger partial charge in [-0.3, -0.25) is 0 Å². The van der Waals surface area contributed by atoms with Crippen molar-refractivity contribution in [1.29, 1.82) is 0 Å². The Hall–Kier alpha value is -7.29. The molecule has 0 atom stereocenters. The first kappa shape index (κ1) is 29.6. The van der Waals surface area contributed by atoms with E-state index in [0.29, 0.717) is 11.5 Å². The van der Waals surface area contributed by atoms with Crippen molar-refractivity contribution in [3.63, 3.8) is 0 Å². The molecule has 10 rings (SSSR count). The summed E-state index contributed by atoms with van der Waals surface area (Å²) in [5.41, 5.74) is 11.8. The van der Waals surface area contributed by atoms with Crippen LogP contribution < -0.4 is 0 Å². The topological polar surface area (TPSA) is 40.0 Å². The van der Waals surface area contributed by atoms with Gasteiger partial charge in [0, 0.05) is 43.9 Å². The van der Waals surface area contributed by atoms with Crippen molar-refractivity contribution in [2.24, 2.45) is 0 Å². The molecule has 3 aromatic heterocycles. The highest BCUT2D eigenvalue weighted by Gasteiger charge is 2.21. The molecule has 0 aliphatic heterocycles. The first-order valence-corrected chi connectivity index (χ1v) is 17.3. The van der Waals surface area contributed by atoms with Crippen LogP contribution in [-0.4, -0.2) is 19.1 Å². The summed E-state index contributed by atoms with van der Waals surface area (Å²) in [6.45, 7) is 7.94. The van der Waals surface area contributed by atoms with E-state index in [4.69, 9.17) is 16.5 Å². The second-order valence-corrected chi connectivity index (χ2v) is 12.9. The lowest BCUT2D eigenvalue weighted by Crippen LogP contribution is -1.97. The third-order valence-electron chi connectivity index (χ3n) is 9.96. The summed E-state index contributed by atoms with van der Waals surface area (Å²) < 4.78 is 4.63. The molecule has 0 radical (unpaired) electrons. The molecule has 0 N–H and O–H groups in total. The van der Waals surface area contributed by atoms with Gasteiger partial charge in [0.25, 0.3) is 0 Å². The second-order valence-electron chi connectivity index (χ2n) is 12.9. The van der Waals surface area contributed by atoms with Gasteiger partial charge in [-0.15, -0.1) is 0 Å². The molecular weight excluding hydrogens is 635 g/mol. The second kappa shape index (κ2) is 11.9. The van der Waals surface area contributed by atoms with Crippen LogP contribution in [0.4, 0.5) is 5.69 Å². The number of benzene rings is 7. The molecule has 242 valence electrons. The fraction of sp³-hybridized carbons (Fsp3) is 0. The van der Waals surface area contributed by atoms with Gasteiger partial charge >= 0.3 is 0 Å². The van der Waals surface area contributed by atoms with Gasteiger partial charge < -0.3 is 9.13 Å². The molecule has 5 nitrogen and oxygen atoms in total. The monoisotopic (exact) mass is 663 g/mol. The Morgan fingerprint density at radius 3 is 1.73 bits per heavy atom. The largest absolute Gasteiger partial charge is 0.319 e. The molecule has 0 saturated heterocycles. The van der Waals surface area contributed by atoms with Gasteiger partial charge in [0.1, 0.15) is 0 Å². The Bertz CT molecular complexity index is 2950. The smallest absolute Gasteiger partial charge is 0.210 e. The Balaban J connectivity index is 1.20. The molecule has 0 fully saturated rings. The third-order valence-corrected chi connectivity index (χ3v) is 9.96. The van der Waals surface area contributed by atoms with Crippen LogP contribution in [0.15, 0.2) is 176 Å². The van der Waals surface area contributed by atoms with Crippen LogP contribution in [0.2, 0.25) is 0 Å². The lowest BCUT2D eigenvalue weighted by Gasteiger charge is -2.12. The summed E-state index contributed by atoms with van der Waals surface area (Å²) >= 11 is 0. The van der Waals surface area contributed by atoms with Crippen LogP contribution in [0.1, 0.15) is 0 Å². The molecule has 0 bridgehead atoms. The molecule has 0 saturated carbocycles. The van der Waals surface area contributed by atoms with E-state index in [0.717, 1.165) is 72.3 Å². The summed E-state index contributed by atoms with van der Waals surface area (Å²) in [5.74, 6) is 0.696. The minimum atomic E-state index is 0.622. The molecule has 5 heteroatoms. The van der Waals surface area contributed by atoms with E-state index >= 15 is 0 Å². The summed E-state index contributed by atoms with van der Waals surface area (Å²) in [7, 11) is 0. The van der Waals surface area contributed by atoms with E-state index in [1.54, 1.807) is 0 Å². The van der Waals surface area contributed by atoms with Crippen LogP contribution in [0.3, 0.4) is 0 Å². The summed E-state index contributed by atoms with van der Waals surface area (Å²) in [5, 5.41) is 4.68. The minimum Gasteiger partial charge on any atom is -0.319 e. The van der Waals surface area contributed by atoms with Gasteiger partial charge in [0.15, 0.2) is 5.82 Å². The maximum atomic E-state index is 7.94. The maximum Gasteiger partial charge on any atom is 0.210 e. The Morgan fingerprint density at radius 2 is 1.02 bits per heavy atom. The van der Waals surface area contributed by atoms with Gasteiger partial charge in [-0.25, -0.2) is 14.8 Å². The molecule has 0 spiro atoms. The van der Waals surface area contributed by atoms with Crippen molar-refractivity contribution in [3.8, 4) is 45.3 Å². The zero-order chi connectivity index (χ0) is 34.6. The van der Waals surface area contributed by atoms with Crippen molar-refractivity contribution < 1.29 is 0 Å². The summed E-state index contributed by atoms with van der Waals surface area (Å²) in [6, 6.07) is 60.7. The molecule has 52 heavy (non-hydrogen) atoms. The Labute approximate surface area is 300 Å². The number of nitrogens with zero attached hydrogens (tertiary/aromatic N) is 5. The SMILES string of the molecule is [C-]#[N+]c1ccccc1-n1c2ccccc2c2c1ccc1c3ccccc3n(-c3ccc(-c4cc(-c5ccccc5)nc(-c5ccccc5)n4)cc3)c12. The van der Waals surface area contributed by atoms with Crippen LogP contribution in [0.25, 0.3) is 93.7 Å². The molecule has 7 aromatic carbocycles. The van der Waals surface area contributed by atoms with Crippen molar-refractivity contribution >= 4 is 49.3 Å². The van der Waals surface area contributed by atoms with E-state index in [9.17, 15) is 0 Å². The number of rotatable bonds is 5. The van der Waals surface area contributed by atoms with Crippen molar-refractivity contribution in [2.75, 3.05) is 0 Å². The fourth-order valence-corrected chi connectivity index (χ4v) is 7.63. The highest BCUT2D eigenvalue weighted by Crippen LogP contribution is 2.43. The predicted octanol–water partition coefficient (Wildman–Crippen LogP) is 12.2. The van der Waals surface area contributed by atoms with E-state index in [1.807, 2.05) is 60.7 Å². The van der Waals surface area contributed by atoms with Crippen molar-refractivity contribution in [2.45, 2.75) is 0 Å². The quantitative estimate of drug-likeness (QED) is 0.172. The average Bonchev–Trinajstić information content (AvgIpc) is 3.74. The first-order chi connectivity index (χ1) is 25.8. The Morgan fingerprint density at radius 1 is 0.442 bits per heavy atom. The number of aromatic nitrogens is 4.